The Bertz CT molecular complexity index is 967. The molecule has 1 saturated heterocycles. The van der Waals surface area contributed by atoms with E-state index < -0.39 is 11.9 Å². The number of aromatic nitrogens is 2. The topological polar surface area (TPSA) is 93.2 Å². The van der Waals surface area contributed by atoms with E-state index in [0.717, 1.165) is 18.4 Å². The van der Waals surface area contributed by atoms with Gasteiger partial charge in [0.1, 0.15) is 6.04 Å². The Balaban J connectivity index is 1.83. The lowest BCUT2D eigenvalue weighted by atomic mass is 9.42. The molecule has 34 heavy (non-hydrogen) atoms. The van der Waals surface area contributed by atoms with Crippen molar-refractivity contribution in [3.8, 4) is 0 Å². The third kappa shape index (κ3) is 6.89. The lowest BCUT2D eigenvalue weighted by Crippen LogP contribution is -2.56. The molecule has 1 aromatic carbocycles. The number of benzene rings is 1. The Hall–Kier alpha value is -2.74. The van der Waals surface area contributed by atoms with Gasteiger partial charge in [-0.2, -0.15) is 0 Å². The van der Waals surface area contributed by atoms with Gasteiger partial charge in [0.05, 0.1) is 0 Å². The minimum atomic E-state index is -0.772. The number of hydrogen-bond donors (Lipinski definition) is 2. The maximum atomic E-state index is 13.6. The third-order valence-corrected chi connectivity index (χ3v) is 6.19. The molecule has 0 radical (unpaired) electrons. The van der Waals surface area contributed by atoms with Crippen molar-refractivity contribution in [2.75, 3.05) is 0 Å². The standard InChI is InChI=1S/C26H37BN4O3/c1-18(2)15-21(27-25(3,4)17-26(5,6)34-27)31-23(32)20(16-19-11-8-7-9-12-19)30-24(33)22-28-13-10-14-29-22/h7-14,18,20-21H,15-17H2,1-6H3,(H,30,33)(H,31,32)/t20-,21-/m0/s1. The van der Waals surface area contributed by atoms with E-state index in [1.165, 1.54) is 12.4 Å². The largest absolute Gasteiger partial charge is 0.428 e. The average Bonchev–Trinajstić information content (AvgIpc) is 3.00. The molecule has 2 amide bonds. The van der Waals surface area contributed by atoms with Crippen LogP contribution in [0.3, 0.4) is 0 Å². The lowest BCUT2D eigenvalue weighted by Gasteiger charge is -2.32. The number of carbonyl (C=O) groups excluding carboxylic acids is 2. The highest BCUT2D eigenvalue weighted by Crippen LogP contribution is 2.48. The molecule has 1 aromatic heterocycles. The van der Waals surface area contributed by atoms with E-state index in [1.54, 1.807) is 6.07 Å². The van der Waals surface area contributed by atoms with Gasteiger partial charge < -0.3 is 15.3 Å². The predicted molar refractivity (Wildman–Crippen MR) is 134 cm³/mol. The Morgan fingerprint density at radius 2 is 1.68 bits per heavy atom. The molecule has 182 valence electrons. The van der Waals surface area contributed by atoms with Crippen molar-refractivity contribution >= 4 is 18.7 Å². The summed E-state index contributed by atoms with van der Waals surface area (Å²) in [5.41, 5.74) is 0.701. The summed E-state index contributed by atoms with van der Waals surface area (Å²) >= 11 is 0. The molecule has 1 fully saturated rings. The predicted octanol–water partition coefficient (Wildman–Crippen LogP) is 3.86. The summed E-state index contributed by atoms with van der Waals surface area (Å²) in [7, 11) is 0. The summed E-state index contributed by atoms with van der Waals surface area (Å²) in [6.07, 6.45) is 5.07. The van der Waals surface area contributed by atoms with E-state index in [1.807, 2.05) is 30.3 Å². The van der Waals surface area contributed by atoms with Crippen LogP contribution in [-0.2, 0) is 15.9 Å². The van der Waals surface area contributed by atoms with Crippen LogP contribution in [0.2, 0.25) is 5.31 Å². The second-order valence-corrected chi connectivity index (χ2v) is 11.0. The zero-order chi connectivity index (χ0) is 24.9. The van der Waals surface area contributed by atoms with Gasteiger partial charge in [0.15, 0.2) is 0 Å². The van der Waals surface area contributed by atoms with E-state index >= 15 is 0 Å². The zero-order valence-electron chi connectivity index (χ0n) is 21.2. The van der Waals surface area contributed by atoms with Crippen LogP contribution < -0.4 is 10.6 Å². The number of carbonyl (C=O) groups is 2. The van der Waals surface area contributed by atoms with Gasteiger partial charge >= 0.3 is 6.92 Å². The smallest absolute Gasteiger partial charge is 0.322 e. The first kappa shape index (κ1) is 25.9. The summed E-state index contributed by atoms with van der Waals surface area (Å²) < 4.78 is 6.45. The number of nitrogens with one attached hydrogen (secondary N) is 2. The van der Waals surface area contributed by atoms with Crippen LogP contribution in [-0.4, -0.2) is 46.3 Å². The van der Waals surface area contributed by atoms with E-state index in [-0.39, 0.29) is 35.5 Å². The second-order valence-electron chi connectivity index (χ2n) is 11.0. The molecule has 1 aliphatic rings. The van der Waals surface area contributed by atoms with E-state index in [2.05, 4.69) is 62.1 Å². The Morgan fingerprint density at radius 1 is 1.03 bits per heavy atom. The number of nitrogens with zero attached hydrogens (tertiary/aromatic N) is 2. The third-order valence-electron chi connectivity index (χ3n) is 6.19. The van der Waals surface area contributed by atoms with Crippen LogP contribution >= 0.6 is 0 Å². The van der Waals surface area contributed by atoms with Crippen molar-refractivity contribution in [3.05, 3.63) is 60.2 Å². The van der Waals surface area contributed by atoms with Crippen LogP contribution in [0, 0.1) is 5.92 Å². The molecular formula is C26H37BN4O3. The van der Waals surface area contributed by atoms with Gasteiger partial charge in [-0.1, -0.05) is 58.0 Å². The highest BCUT2D eigenvalue weighted by atomic mass is 16.5. The van der Waals surface area contributed by atoms with Crippen LogP contribution in [0.1, 0.15) is 70.6 Å². The molecule has 1 aliphatic heterocycles. The second kappa shape index (κ2) is 10.7. The van der Waals surface area contributed by atoms with Gasteiger partial charge in [0, 0.05) is 30.4 Å². The summed E-state index contributed by atoms with van der Waals surface area (Å²) in [6, 6.07) is 10.5. The fourth-order valence-electron chi connectivity index (χ4n) is 5.12. The molecule has 0 aliphatic carbocycles. The van der Waals surface area contributed by atoms with Crippen LogP contribution in [0.25, 0.3) is 0 Å². The van der Waals surface area contributed by atoms with E-state index in [9.17, 15) is 9.59 Å². The van der Waals surface area contributed by atoms with Gasteiger partial charge in [-0.15, -0.1) is 0 Å². The van der Waals surface area contributed by atoms with Gasteiger partial charge in [-0.05, 0) is 49.6 Å². The zero-order valence-corrected chi connectivity index (χ0v) is 21.2. The first-order chi connectivity index (χ1) is 16.0. The minimum absolute atomic E-state index is 0.0362. The van der Waals surface area contributed by atoms with Crippen LogP contribution in [0.5, 0.6) is 0 Å². The van der Waals surface area contributed by atoms with Crippen molar-refractivity contribution in [3.63, 3.8) is 0 Å². The van der Waals surface area contributed by atoms with Gasteiger partial charge in [-0.25, -0.2) is 9.97 Å². The summed E-state index contributed by atoms with van der Waals surface area (Å²) in [5, 5.41) is 6.00. The molecule has 2 N–H and O–H groups in total. The molecule has 2 aromatic rings. The van der Waals surface area contributed by atoms with Crippen molar-refractivity contribution < 1.29 is 14.2 Å². The molecule has 2 heterocycles. The Morgan fingerprint density at radius 3 is 2.24 bits per heavy atom. The molecule has 0 unspecified atom stereocenters. The fraction of sp³-hybridized carbons (Fsp3) is 0.538. The molecule has 8 heteroatoms. The first-order valence-corrected chi connectivity index (χ1v) is 12.1. The highest BCUT2D eigenvalue weighted by molar-refractivity contribution is 6.58. The lowest BCUT2D eigenvalue weighted by molar-refractivity contribution is -0.123. The molecule has 7 nitrogen and oxygen atoms in total. The van der Waals surface area contributed by atoms with E-state index in [0.29, 0.717) is 12.3 Å². The maximum Gasteiger partial charge on any atom is 0.322 e. The molecule has 3 rings (SSSR count). The first-order valence-electron chi connectivity index (χ1n) is 12.1. The minimum Gasteiger partial charge on any atom is -0.428 e. The fourth-order valence-corrected chi connectivity index (χ4v) is 5.12. The summed E-state index contributed by atoms with van der Waals surface area (Å²) in [4.78, 5) is 34.5. The van der Waals surface area contributed by atoms with Gasteiger partial charge in [0.2, 0.25) is 11.7 Å². The van der Waals surface area contributed by atoms with Gasteiger partial charge in [-0.3, -0.25) is 9.59 Å². The van der Waals surface area contributed by atoms with Crippen molar-refractivity contribution in [1.29, 1.82) is 0 Å². The van der Waals surface area contributed by atoms with Crippen molar-refractivity contribution in [1.82, 2.24) is 20.6 Å². The molecule has 0 spiro atoms. The quantitative estimate of drug-likeness (QED) is 0.550. The molecule has 0 saturated carbocycles. The Labute approximate surface area is 203 Å². The van der Waals surface area contributed by atoms with Gasteiger partial charge in [0.25, 0.3) is 5.91 Å². The number of rotatable bonds is 9. The van der Waals surface area contributed by atoms with E-state index in [4.69, 9.17) is 4.65 Å². The van der Waals surface area contributed by atoms with Crippen LogP contribution in [0.15, 0.2) is 48.8 Å². The maximum absolute atomic E-state index is 13.6. The monoisotopic (exact) mass is 464 g/mol. The number of hydrogen-bond acceptors (Lipinski definition) is 5. The normalized spacial score (nSPS) is 18.4. The summed E-state index contributed by atoms with van der Waals surface area (Å²) in [6.45, 7) is 12.7. The molecular weight excluding hydrogens is 427 g/mol. The highest BCUT2D eigenvalue weighted by Gasteiger charge is 2.53. The Kier molecular flexibility index (Phi) is 8.13. The summed E-state index contributed by atoms with van der Waals surface area (Å²) in [5.74, 6) is -0.478. The SMILES string of the molecule is CC(C)C[C@H](NC(=O)[C@H](Cc1ccccc1)NC(=O)c1ncccn1)B1OC(C)(C)CC1(C)C. The van der Waals surface area contributed by atoms with Crippen molar-refractivity contribution in [2.24, 2.45) is 5.92 Å². The van der Waals surface area contributed by atoms with Crippen molar-refractivity contribution in [2.45, 2.75) is 83.7 Å². The molecule has 0 bridgehead atoms. The molecule has 2 atom stereocenters. The number of amides is 2. The average molecular weight is 464 g/mol. The van der Waals surface area contributed by atoms with Crippen LogP contribution in [0.4, 0.5) is 0 Å².